The molecule has 0 saturated carbocycles. The van der Waals surface area contributed by atoms with Crippen molar-refractivity contribution < 1.29 is 9.53 Å². The zero-order chi connectivity index (χ0) is 13.7. The first-order valence-corrected chi connectivity index (χ1v) is 6.99. The van der Waals surface area contributed by atoms with E-state index in [0.29, 0.717) is 18.7 Å². The summed E-state index contributed by atoms with van der Waals surface area (Å²) in [7, 11) is 0. The highest BCUT2D eigenvalue weighted by molar-refractivity contribution is 5.76. The fraction of sp³-hybridized carbons (Fsp3) is 0.533. The Labute approximate surface area is 114 Å². The molecular formula is C15H22N2O2. The minimum absolute atomic E-state index is 0.255. The lowest BCUT2D eigenvalue weighted by Crippen LogP contribution is -2.27. The van der Waals surface area contributed by atoms with Gasteiger partial charge >= 0.3 is 0 Å². The summed E-state index contributed by atoms with van der Waals surface area (Å²) in [6, 6.07) is 5.77. The van der Waals surface area contributed by atoms with E-state index in [2.05, 4.69) is 0 Å². The van der Waals surface area contributed by atoms with Gasteiger partial charge in [-0.05, 0) is 43.9 Å². The number of carbonyl (C=O) groups excluding carboxylic acids is 1. The molecule has 1 amide bonds. The number of nitrogen functional groups attached to an aromatic ring is 1. The molecule has 1 aliphatic heterocycles. The van der Waals surface area contributed by atoms with E-state index in [9.17, 15) is 4.79 Å². The molecule has 19 heavy (non-hydrogen) atoms. The number of carbonyl (C=O) groups is 1. The molecule has 1 aliphatic rings. The van der Waals surface area contributed by atoms with Crippen molar-refractivity contribution in [1.29, 1.82) is 0 Å². The first-order chi connectivity index (χ1) is 9.20. The van der Waals surface area contributed by atoms with E-state index in [1.165, 1.54) is 0 Å². The topological polar surface area (TPSA) is 55.6 Å². The van der Waals surface area contributed by atoms with Gasteiger partial charge in [-0.1, -0.05) is 6.07 Å². The maximum absolute atomic E-state index is 11.9. The Balaban J connectivity index is 1.88. The number of aryl methyl sites for hydroxylation is 1. The summed E-state index contributed by atoms with van der Waals surface area (Å²) >= 11 is 0. The van der Waals surface area contributed by atoms with Gasteiger partial charge in [0, 0.05) is 19.5 Å². The molecule has 0 bridgehead atoms. The molecule has 1 heterocycles. The summed E-state index contributed by atoms with van der Waals surface area (Å²) in [4.78, 5) is 13.9. The van der Waals surface area contributed by atoms with Gasteiger partial charge in [0.2, 0.25) is 5.91 Å². The summed E-state index contributed by atoms with van der Waals surface area (Å²) in [5.41, 5.74) is 7.65. The molecule has 1 fully saturated rings. The van der Waals surface area contributed by atoms with Crippen LogP contribution in [-0.4, -0.2) is 30.5 Å². The summed E-state index contributed by atoms with van der Waals surface area (Å²) in [6.45, 7) is 4.38. The molecule has 2 N–H and O–H groups in total. The second-order valence-electron chi connectivity index (χ2n) is 4.89. The molecule has 1 aromatic rings. The Bertz CT molecular complexity index is 440. The molecule has 0 radical (unpaired) electrons. The fourth-order valence-electron chi connectivity index (χ4n) is 2.42. The first kappa shape index (κ1) is 13.7. The molecule has 4 nitrogen and oxygen atoms in total. The monoisotopic (exact) mass is 262 g/mol. The smallest absolute Gasteiger partial charge is 0.222 e. The van der Waals surface area contributed by atoms with Crippen molar-refractivity contribution >= 4 is 11.6 Å². The van der Waals surface area contributed by atoms with Crippen LogP contribution >= 0.6 is 0 Å². The number of nitrogens with two attached hydrogens (primary N) is 1. The molecule has 0 spiro atoms. The van der Waals surface area contributed by atoms with Crippen LogP contribution in [0.3, 0.4) is 0 Å². The molecule has 4 heteroatoms. The molecule has 0 unspecified atom stereocenters. The Hall–Kier alpha value is -1.71. The van der Waals surface area contributed by atoms with Crippen molar-refractivity contribution in [2.45, 2.75) is 32.6 Å². The third-order valence-corrected chi connectivity index (χ3v) is 3.46. The first-order valence-electron chi connectivity index (χ1n) is 6.99. The molecule has 104 valence electrons. The SMILES string of the molecule is CCOc1ccc(CCC(=O)N2CCCC2)cc1N. The summed E-state index contributed by atoms with van der Waals surface area (Å²) in [5, 5.41) is 0. The summed E-state index contributed by atoms with van der Waals surface area (Å²) in [6.07, 6.45) is 3.59. The number of anilines is 1. The van der Waals surface area contributed by atoms with E-state index >= 15 is 0 Å². The van der Waals surface area contributed by atoms with E-state index in [4.69, 9.17) is 10.5 Å². The molecule has 2 rings (SSSR count). The zero-order valence-electron chi connectivity index (χ0n) is 11.5. The van der Waals surface area contributed by atoms with E-state index in [1.54, 1.807) is 0 Å². The van der Waals surface area contributed by atoms with Crippen molar-refractivity contribution in [2.75, 3.05) is 25.4 Å². The number of hydrogen-bond donors (Lipinski definition) is 1. The molecule has 1 aromatic carbocycles. The van der Waals surface area contributed by atoms with E-state index in [-0.39, 0.29) is 5.91 Å². The van der Waals surface area contributed by atoms with Gasteiger partial charge in [-0.15, -0.1) is 0 Å². The van der Waals surface area contributed by atoms with Crippen molar-refractivity contribution in [2.24, 2.45) is 0 Å². The molecule has 1 saturated heterocycles. The fourth-order valence-corrected chi connectivity index (χ4v) is 2.42. The molecule has 0 atom stereocenters. The quantitative estimate of drug-likeness (QED) is 0.828. The van der Waals surface area contributed by atoms with Crippen LogP contribution in [0.1, 0.15) is 31.7 Å². The van der Waals surface area contributed by atoms with Crippen LogP contribution < -0.4 is 10.5 Å². The highest BCUT2D eigenvalue weighted by Gasteiger charge is 2.17. The van der Waals surface area contributed by atoms with Gasteiger partial charge < -0.3 is 15.4 Å². The van der Waals surface area contributed by atoms with Crippen LogP contribution in [0.25, 0.3) is 0 Å². The second-order valence-corrected chi connectivity index (χ2v) is 4.89. The van der Waals surface area contributed by atoms with Crippen LogP contribution in [0.2, 0.25) is 0 Å². The van der Waals surface area contributed by atoms with Crippen molar-refractivity contribution in [3.63, 3.8) is 0 Å². The Kier molecular flexibility index (Phi) is 4.66. The lowest BCUT2D eigenvalue weighted by atomic mass is 10.1. The van der Waals surface area contributed by atoms with Crippen molar-refractivity contribution in [3.8, 4) is 5.75 Å². The van der Waals surface area contributed by atoms with E-state index < -0.39 is 0 Å². The number of nitrogens with zero attached hydrogens (tertiary/aromatic N) is 1. The third-order valence-electron chi connectivity index (χ3n) is 3.46. The predicted octanol–water partition coefficient (Wildman–Crippen LogP) is 2.22. The summed E-state index contributed by atoms with van der Waals surface area (Å²) in [5.74, 6) is 0.974. The highest BCUT2D eigenvalue weighted by Crippen LogP contribution is 2.23. The Morgan fingerprint density at radius 3 is 2.74 bits per heavy atom. The maximum Gasteiger partial charge on any atom is 0.222 e. The Morgan fingerprint density at radius 1 is 1.37 bits per heavy atom. The zero-order valence-corrected chi connectivity index (χ0v) is 11.5. The third kappa shape index (κ3) is 3.63. The number of likely N-dealkylation sites (tertiary alicyclic amines) is 1. The highest BCUT2D eigenvalue weighted by atomic mass is 16.5. The predicted molar refractivity (Wildman–Crippen MR) is 76.2 cm³/mol. The molecule has 0 aromatic heterocycles. The maximum atomic E-state index is 11.9. The molecule has 0 aliphatic carbocycles. The minimum atomic E-state index is 0.255. The molecular weight excluding hydrogens is 240 g/mol. The van der Waals surface area contributed by atoms with Gasteiger partial charge in [-0.2, -0.15) is 0 Å². The van der Waals surface area contributed by atoms with Crippen LogP contribution in [0.5, 0.6) is 5.75 Å². The van der Waals surface area contributed by atoms with Gasteiger partial charge in [-0.3, -0.25) is 4.79 Å². The van der Waals surface area contributed by atoms with Gasteiger partial charge in [0.05, 0.1) is 12.3 Å². The van der Waals surface area contributed by atoms with E-state index in [1.807, 2.05) is 30.0 Å². The summed E-state index contributed by atoms with van der Waals surface area (Å²) < 4.78 is 5.40. The largest absolute Gasteiger partial charge is 0.492 e. The van der Waals surface area contributed by atoms with Crippen LogP contribution in [-0.2, 0) is 11.2 Å². The van der Waals surface area contributed by atoms with Gasteiger partial charge in [0.1, 0.15) is 5.75 Å². The lowest BCUT2D eigenvalue weighted by molar-refractivity contribution is -0.130. The van der Waals surface area contributed by atoms with Crippen LogP contribution in [0.4, 0.5) is 5.69 Å². The normalized spacial score (nSPS) is 14.7. The van der Waals surface area contributed by atoms with E-state index in [0.717, 1.165) is 43.7 Å². The number of benzene rings is 1. The lowest BCUT2D eigenvalue weighted by Gasteiger charge is -2.15. The van der Waals surface area contributed by atoms with Crippen molar-refractivity contribution in [3.05, 3.63) is 23.8 Å². The number of rotatable bonds is 5. The van der Waals surface area contributed by atoms with Gasteiger partial charge in [0.15, 0.2) is 0 Å². The van der Waals surface area contributed by atoms with Gasteiger partial charge in [0.25, 0.3) is 0 Å². The second kappa shape index (κ2) is 6.45. The number of hydrogen-bond acceptors (Lipinski definition) is 3. The number of amides is 1. The minimum Gasteiger partial charge on any atom is -0.492 e. The number of ether oxygens (including phenoxy) is 1. The van der Waals surface area contributed by atoms with Crippen LogP contribution in [0, 0.1) is 0 Å². The average molecular weight is 262 g/mol. The van der Waals surface area contributed by atoms with Gasteiger partial charge in [-0.25, -0.2) is 0 Å². The standard InChI is InChI=1S/C15H22N2O2/c1-2-19-14-7-5-12(11-13(14)16)6-8-15(18)17-9-3-4-10-17/h5,7,11H,2-4,6,8-10,16H2,1H3. The van der Waals surface area contributed by atoms with Crippen molar-refractivity contribution in [1.82, 2.24) is 4.90 Å². The Morgan fingerprint density at radius 2 is 2.11 bits per heavy atom. The average Bonchev–Trinajstić information content (AvgIpc) is 2.93. The van der Waals surface area contributed by atoms with Crippen LogP contribution in [0.15, 0.2) is 18.2 Å².